The SMILES string of the molecule is c1ccc(-n2c3ccccc3c3cccc(-c4cccc5c4oc4c(-c6cccc7c6sc6c8ccccc8n(-c8ccccc8)c76)cccc45)c32)cc1. The lowest BCUT2D eigenvalue weighted by molar-refractivity contribution is 0.671. The Balaban J connectivity index is 1.12. The van der Waals surface area contributed by atoms with Crippen LogP contribution in [-0.4, -0.2) is 9.13 Å². The van der Waals surface area contributed by atoms with Gasteiger partial charge in [-0.3, -0.25) is 0 Å². The summed E-state index contributed by atoms with van der Waals surface area (Å²) in [5.74, 6) is 0. The maximum atomic E-state index is 7.15. The molecule has 3 nitrogen and oxygen atoms in total. The fraction of sp³-hybridized carbons (Fsp3) is 0. The molecule has 54 heavy (non-hydrogen) atoms. The Morgan fingerprint density at radius 3 is 1.44 bits per heavy atom. The monoisotopic (exact) mass is 706 g/mol. The molecule has 252 valence electrons. The molecule has 12 aromatic rings. The van der Waals surface area contributed by atoms with Crippen molar-refractivity contribution in [1.82, 2.24) is 9.13 Å². The van der Waals surface area contributed by atoms with Gasteiger partial charge < -0.3 is 13.6 Å². The van der Waals surface area contributed by atoms with E-state index in [1.165, 1.54) is 64.3 Å². The van der Waals surface area contributed by atoms with E-state index in [0.717, 1.165) is 44.3 Å². The molecule has 4 heteroatoms. The van der Waals surface area contributed by atoms with Crippen LogP contribution in [-0.2, 0) is 0 Å². The Morgan fingerprint density at radius 1 is 0.315 bits per heavy atom. The van der Waals surface area contributed by atoms with E-state index in [1.807, 2.05) is 11.3 Å². The lowest BCUT2D eigenvalue weighted by atomic mass is 9.98. The molecule has 0 saturated heterocycles. The number of para-hydroxylation sites is 7. The van der Waals surface area contributed by atoms with Gasteiger partial charge in [-0.1, -0.05) is 146 Å². The molecule has 4 heterocycles. The Bertz CT molecular complexity index is 3440. The molecular formula is C50H30N2OS. The molecule has 0 atom stereocenters. The molecule has 0 aliphatic carbocycles. The van der Waals surface area contributed by atoms with Crippen molar-refractivity contribution in [3.63, 3.8) is 0 Å². The van der Waals surface area contributed by atoms with Crippen LogP contribution in [0.1, 0.15) is 0 Å². The molecule has 0 saturated carbocycles. The van der Waals surface area contributed by atoms with Crippen molar-refractivity contribution in [2.24, 2.45) is 0 Å². The van der Waals surface area contributed by atoms with Gasteiger partial charge in [-0.2, -0.15) is 0 Å². The molecule has 0 fully saturated rings. The van der Waals surface area contributed by atoms with Gasteiger partial charge in [-0.25, -0.2) is 0 Å². The molecule has 8 aromatic carbocycles. The molecule has 4 aromatic heterocycles. The zero-order chi connectivity index (χ0) is 35.3. The quantitative estimate of drug-likeness (QED) is 0.179. The maximum Gasteiger partial charge on any atom is 0.143 e. The molecule has 0 bridgehead atoms. The van der Waals surface area contributed by atoms with E-state index in [9.17, 15) is 0 Å². The average molecular weight is 707 g/mol. The predicted octanol–water partition coefficient (Wildman–Crippen LogP) is 14.3. The molecular weight excluding hydrogens is 677 g/mol. The van der Waals surface area contributed by atoms with E-state index in [4.69, 9.17) is 4.42 Å². The van der Waals surface area contributed by atoms with Gasteiger partial charge in [0, 0.05) is 70.6 Å². The summed E-state index contributed by atoms with van der Waals surface area (Å²) in [4.78, 5) is 0. The highest BCUT2D eigenvalue weighted by atomic mass is 32.1. The van der Waals surface area contributed by atoms with Gasteiger partial charge in [-0.15, -0.1) is 11.3 Å². The minimum absolute atomic E-state index is 0.905. The van der Waals surface area contributed by atoms with Crippen molar-refractivity contribution in [2.45, 2.75) is 0 Å². The minimum Gasteiger partial charge on any atom is -0.455 e. The highest BCUT2D eigenvalue weighted by Crippen LogP contribution is 2.48. The highest BCUT2D eigenvalue weighted by Gasteiger charge is 2.23. The summed E-state index contributed by atoms with van der Waals surface area (Å²) in [5, 5.41) is 7.23. The summed E-state index contributed by atoms with van der Waals surface area (Å²) >= 11 is 1.88. The highest BCUT2D eigenvalue weighted by molar-refractivity contribution is 7.27. The van der Waals surface area contributed by atoms with Crippen LogP contribution in [0.15, 0.2) is 186 Å². The summed E-state index contributed by atoms with van der Waals surface area (Å²) in [7, 11) is 0. The van der Waals surface area contributed by atoms with Gasteiger partial charge in [0.2, 0.25) is 0 Å². The standard InChI is InChI=1S/C50H30N2OS/c1-3-15-31(16-4-1)51-43-29-9-7-19-33(43)34-21-11-22-35(45(34)51)36-23-12-24-37-38-25-13-26-39(48(38)53-47(36)37)40-27-14-28-42-46-50(54-49(40)42)41-20-8-10-30-44(41)52(46)32-17-5-2-6-18-32/h1-30H. The number of fused-ring (bicyclic) bond motifs is 11. The molecule has 0 spiro atoms. The average Bonchev–Trinajstić information content (AvgIpc) is 3.99. The van der Waals surface area contributed by atoms with Crippen LogP contribution in [0, 0.1) is 0 Å². The number of thiophene rings is 1. The first kappa shape index (κ1) is 29.7. The lowest BCUT2D eigenvalue weighted by Crippen LogP contribution is -1.95. The zero-order valence-corrected chi connectivity index (χ0v) is 29.8. The Kier molecular flexibility index (Phi) is 6.21. The minimum atomic E-state index is 0.905. The first-order valence-corrected chi connectivity index (χ1v) is 19.2. The number of furan rings is 1. The molecule has 0 N–H and O–H groups in total. The van der Waals surface area contributed by atoms with Crippen LogP contribution in [0.2, 0.25) is 0 Å². The summed E-state index contributed by atoms with van der Waals surface area (Å²) in [5.41, 5.74) is 13.5. The summed E-state index contributed by atoms with van der Waals surface area (Å²) in [6.45, 7) is 0. The van der Waals surface area contributed by atoms with E-state index < -0.39 is 0 Å². The van der Waals surface area contributed by atoms with Crippen LogP contribution in [0.25, 0.3) is 109 Å². The Hall–Kier alpha value is -6.88. The van der Waals surface area contributed by atoms with E-state index in [-0.39, 0.29) is 0 Å². The summed E-state index contributed by atoms with van der Waals surface area (Å²) < 4.78 is 14.6. The second-order valence-electron chi connectivity index (χ2n) is 14.0. The molecule has 12 rings (SSSR count). The second kappa shape index (κ2) is 11.3. The van der Waals surface area contributed by atoms with Gasteiger partial charge >= 0.3 is 0 Å². The molecule has 0 aliphatic heterocycles. The number of rotatable bonds is 4. The summed E-state index contributed by atoms with van der Waals surface area (Å²) in [6.07, 6.45) is 0. The van der Waals surface area contributed by atoms with E-state index in [1.54, 1.807) is 0 Å². The molecule has 0 unspecified atom stereocenters. The topological polar surface area (TPSA) is 23.0 Å². The van der Waals surface area contributed by atoms with Crippen molar-refractivity contribution in [3.05, 3.63) is 182 Å². The molecule has 0 radical (unpaired) electrons. The third-order valence-electron chi connectivity index (χ3n) is 11.1. The lowest BCUT2D eigenvalue weighted by Gasteiger charge is -2.12. The number of aromatic nitrogens is 2. The van der Waals surface area contributed by atoms with Crippen LogP contribution < -0.4 is 0 Å². The van der Waals surface area contributed by atoms with Crippen molar-refractivity contribution in [3.8, 4) is 33.6 Å². The fourth-order valence-corrected chi connectivity index (χ4v) is 10.2. The number of benzene rings is 8. The van der Waals surface area contributed by atoms with E-state index in [0.29, 0.717) is 0 Å². The molecule has 0 amide bonds. The van der Waals surface area contributed by atoms with Crippen LogP contribution in [0.5, 0.6) is 0 Å². The van der Waals surface area contributed by atoms with Crippen LogP contribution in [0.4, 0.5) is 0 Å². The van der Waals surface area contributed by atoms with Gasteiger partial charge in [0.05, 0.1) is 26.8 Å². The number of hydrogen-bond acceptors (Lipinski definition) is 2. The van der Waals surface area contributed by atoms with Gasteiger partial charge in [0.1, 0.15) is 11.2 Å². The van der Waals surface area contributed by atoms with Crippen molar-refractivity contribution in [2.75, 3.05) is 0 Å². The maximum absolute atomic E-state index is 7.15. The molecule has 0 aliphatic rings. The van der Waals surface area contributed by atoms with E-state index >= 15 is 0 Å². The van der Waals surface area contributed by atoms with Gasteiger partial charge in [0.25, 0.3) is 0 Å². The van der Waals surface area contributed by atoms with Gasteiger partial charge in [0.15, 0.2) is 0 Å². The third-order valence-corrected chi connectivity index (χ3v) is 12.4. The Labute approximate surface area is 314 Å². The predicted molar refractivity (Wildman–Crippen MR) is 229 cm³/mol. The van der Waals surface area contributed by atoms with Crippen molar-refractivity contribution in [1.29, 1.82) is 0 Å². The van der Waals surface area contributed by atoms with Crippen LogP contribution in [0.3, 0.4) is 0 Å². The zero-order valence-electron chi connectivity index (χ0n) is 29.0. The first-order chi connectivity index (χ1) is 26.8. The van der Waals surface area contributed by atoms with Crippen molar-refractivity contribution < 1.29 is 4.42 Å². The number of nitrogens with zero attached hydrogens (tertiary/aromatic N) is 2. The number of hydrogen-bond donors (Lipinski definition) is 0. The third kappa shape index (κ3) is 4.06. The summed E-state index contributed by atoms with van der Waals surface area (Å²) in [6, 6.07) is 65.5. The van der Waals surface area contributed by atoms with E-state index in [2.05, 4.69) is 191 Å². The smallest absolute Gasteiger partial charge is 0.143 e. The van der Waals surface area contributed by atoms with Crippen molar-refractivity contribution >= 4 is 86.3 Å². The van der Waals surface area contributed by atoms with Gasteiger partial charge in [-0.05, 0) is 36.4 Å². The second-order valence-corrected chi connectivity index (χ2v) is 15.0. The largest absolute Gasteiger partial charge is 0.455 e. The van der Waals surface area contributed by atoms with Crippen LogP contribution >= 0.6 is 11.3 Å². The Morgan fingerprint density at radius 2 is 0.778 bits per heavy atom. The normalized spacial score (nSPS) is 12.1. The fourth-order valence-electron chi connectivity index (χ4n) is 8.87. The first-order valence-electron chi connectivity index (χ1n) is 18.4.